The summed E-state index contributed by atoms with van der Waals surface area (Å²) >= 11 is 1.35. The van der Waals surface area contributed by atoms with Crippen molar-refractivity contribution in [3.8, 4) is 5.75 Å². The van der Waals surface area contributed by atoms with E-state index in [1.807, 2.05) is 24.3 Å². The molecule has 6 nitrogen and oxygen atoms in total. The number of carbonyl (C=O) groups excluding carboxylic acids is 1. The molecule has 3 aromatic rings. The van der Waals surface area contributed by atoms with Crippen molar-refractivity contribution in [1.82, 2.24) is 14.7 Å². The van der Waals surface area contributed by atoms with Gasteiger partial charge in [0, 0.05) is 29.8 Å². The Balaban J connectivity index is 1.65. The van der Waals surface area contributed by atoms with Crippen LogP contribution in [-0.2, 0) is 0 Å². The molecule has 0 radical (unpaired) electrons. The third-order valence-electron chi connectivity index (χ3n) is 3.85. The Kier molecular flexibility index (Phi) is 3.34. The van der Waals surface area contributed by atoms with E-state index in [1.54, 1.807) is 11.6 Å². The van der Waals surface area contributed by atoms with Gasteiger partial charge in [-0.3, -0.25) is 14.0 Å². The van der Waals surface area contributed by atoms with Gasteiger partial charge in [0.25, 0.3) is 11.5 Å². The Morgan fingerprint density at radius 3 is 3.17 bits per heavy atom. The first-order chi connectivity index (χ1) is 11.2. The van der Waals surface area contributed by atoms with Crippen molar-refractivity contribution in [2.75, 3.05) is 6.61 Å². The molecule has 23 heavy (non-hydrogen) atoms. The molecule has 1 aliphatic rings. The standard InChI is InChI=1S/C16H13N3O3S/c20-14(11-9-17-16-19(15(11)21)6-8-23-16)18-12-5-7-22-13-4-2-1-3-10(12)13/h1-4,6,8-9,12H,5,7H2,(H,18,20). The molecule has 2 aromatic heterocycles. The highest BCUT2D eigenvalue weighted by Crippen LogP contribution is 2.31. The predicted octanol–water partition coefficient (Wildman–Crippen LogP) is 2.01. The van der Waals surface area contributed by atoms with E-state index in [4.69, 9.17) is 4.74 Å². The maximum atomic E-state index is 12.5. The lowest BCUT2D eigenvalue weighted by molar-refractivity contribution is 0.0922. The van der Waals surface area contributed by atoms with Crippen molar-refractivity contribution in [2.45, 2.75) is 12.5 Å². The number of para-hydroxylation sites is 1. The van der Waals surface area contributed by atoms with Gasteiger partial charge < -0.3 is 10.1 Å². The summed E-state index contributed by atoms with van der Waals surface area (Å²) in [5.41, 5.74) is 0.621. The van der Waals surface area contributed by atoms with Crippen LogP contribution in [-0.4, -0.2) is 21.9 Å². The van der Waals surface area contributed by atoms with Gasteiger partial charge in [-0.2, -0.15) is 0 Å². The van der Waals surface area contributed by atoms with Crippen LogP contribution in [0.15, 0.2) is 46.8 Å². The summed E-state index contributed by atoms with van der Waals surface area (Å²) in [5.74, 6) is 0.358. The van der Waals surface area contributed by atoms with Gasteiger partial charge in [0.15, 0.2) is 4.96 Å². The van der Waals surface area contributed by atoms with Crippen molar-refractivity contribution >= 4 is 22.2 Å². The molecule has 0 aliphatic carbocycles. The Labute approximate surface area is 135 Å². The van der Waals surface area contributed by atoms with Gasteiger partial charge in [0.2, 0.25) is 0 Å². The first kappa shape index (κ1) is 14.0. The lowest BCUT2D eigenvalue weighted by Crippen LogP contribution is -2.35. The minimum absolute atomic E-state index is 0.0462. The first-order valence-corrected chi connectivity index (χ1v) is 8.09. The molecule has 1 aromatic carbocycles. The fourth-order valence-electron chi connectivity index (χ4n) is 2.71. The largest absolute Gasteiger partial charge is 0.493 e. The van der Waals surface area contributed by atoms with E-state index < -0.39 is 5.91 Å². The highest BCUT2D eigenvalue weighted by molar-refractivity contribution is 7.15. The highest BCUT2D eigenvalue weighted by atomic mass is 32.1. The molecular weight excluding hydrogens is 314 g/mol. The second-order valence-electron chi connectivity index (χ2n) is 5.23. The van der Waals surface area contributed by atoms with Crippen LogP contribution in [0.2, 0.25) is 0 Å². The van der Waals surface area contributed by atoms with Gasteiger partial charge >= 0.3 is 0 Å². The quantitative estimate of drug-likeness (QED) is 0.781. The molecule has 7 heteroatoms. The van der Waals surface area contributed by atoms with Gasteiger partial charge in [-0.05, 0) is 6.07 Å². The maximum absolute atomic E-state index is 12.5. The van der Waals surface area contributed by atoms with Crippen molar-refractivity contribution in [2.24, 2.45) is 0 Å². The first-order valence-electron chi connectivity index (χ1n) is 7.21. The number of rotatable bonds is 2. The molecule has 0 fully saturated rings. The monoisotopic (exact) mass is 327 g/mol. The average Bonchev–Trinajstić information content (AvgIpc) is 3.05. The summed E-state index contributed by atoms with van der Waals surface area (Å²) in [5, 5.41) is 4.68. The third kappa shape index (κ3) is 2.39. The number of carbonyl (C=O) groups is 1. The van der Waals surface area contributed by atoms with Crippen LogP contribution in [0, 0.1) is 0 Å². The van der Waals surface area contributed by atoms with E-state index in [9.17, 15) is 9.59 Å². The molecule has 1 N–H and O–H groups in total. The summed E-state index contributed by atoms with van der Waals surface area (Å²) in [7, 11) is 0. The number of fused-ring (bicyclic) bond motifs is 2. The van der Waals surface area contributed by atoms with E-state index in [0.717, 1.165) is 11.3 Å². The summed E-state index contributed by atoms with van der Waals surface area (Å²) in [6.45, 7) is 0.531. The van der Waals surface area contributed by atoms with E-state index in [2.05, 4.69) is 10.3 Å². The SMILES string of the molecule is O=C(NC1CCOc2ccccc21)c1cnc2sccn2c1=O. The Morgan fingerprint density at radius 2 is 2.26 bits per heavy atom. The maximum Gasteiger partial charge on any atom is 0.271 e. The number of nitrogens with one attached hydrogen (secondary N) is 1. The van der Waals surface area contributed by atoms with Gasteiger partial charge in [-0.15, -0.1) is 11.3 Å². The summed E-state index contributed by atoms with van der Waals surface area (Å²) < 4.78 is 6.97. The second kappa shape index (κ2) is 5.51. The molecule has 3 heterocycles. The van der Waals surface area contributed by atoms with Crippen LogP contribution in [0.4, 0.5) is 0 Å². The fourth-order valence-corrected chi connectivity index (χ4v) is 3.38. The molecular formula is C16H13N3O3S. The summed E-state index contributed by atoms with van der Waals surface area (Å²) in [6.07, 6.45) is 3.63. The minimum atomic E-state index is -0.412. The number of hydrogen-bond donors (Lipinski definition) is 1. The van der Waals surface area contributed by atoms with Gasteiger partial charge in [-0.25, -0.2) is 4.98 Å². The smallest absolute Gasteiger partial charge is 0.271 e. The zero-order valence-corrected chi connectivity index (χ0v) is 12.9. The van der Waals surface area contributed by atoms with Crippen molar-refractivity contribution in [3.63, 3.8) is 0 Å². The topological polar surface area (TPSA) is 72.7 Å². The van der Waals surface area contributed by atoms with Crippen molar-refractivity contribution in [1.29, 1.82) is 0 Å². The third-order valence-corrected chi connectivity index (χ3v) is 4.62. The number of amides is 1. The molecule has 1 amide bonds. The van der Waals surface area contributed by atoms with E-state index in [-0.39, 0.29) is 17.2 Å². The summed E-state index contributed by atoms with van der Waals surface area (Å²) in [6, 6.07) is 7.42. The average molecular weight is 327 g/mol. The molecule has 1 aliphatic heterocycles. The van der Waals surface area contributed by atoms with Gasteiger partial charge in [-0.1, -0.05) is 18.2 Å². The fraction of sp³-hybridized carbons (Fsp3) is 0.188. The van der Waals surface area contributed by atoms with Gasteiger partial charge in [0.05, 0.1) is 12.6 Å². The van der Waals surface area contributed by atoms with Gasteiger partial charge in [0.1, 0.15) is 11.3 Å². The molecule has 1 unspecified atom stereocenters. The van der Waals surface area contributed by atoms with Crippen molar-refractivity contribution < 1.29 is 9.53 Å². The Morgan fingerprint density at radius 1 is 1.39 bits per heavy atom. The molecule has 4 rings (SSSR count). The number of nitrogens with zero attached hydrogens (tertiary/aromatic N) is 2. The minimum Gasteiger partial charge on any atom is -0.493 e. The van der Waals surface area contributed by atoms with Crippen LogP contribution >= 0.6 is 11.3 Å². The highest BCUT2D eigenvalue weighted by Gasteiger charge is 2.24. The van der Waals surface area contributed by atoms with Crippen molar-refractivity contribution in [3.05, 3.63) is 63.5 Å². The van der Waals surface area contributed by atoms with Crippen LogP contribution in [0.5, 0.6) is 5.75 Å². The summed E-state index contributed by atoms with van der Waals surface area (Å²) in [4.78, 5) is 29.6. The van der Waals surface area contributed by atoms with E-state index in [0.29, 0.717) is 18.0 Å². The van der Waals surface area contributed by atoms with Crippen LogP contribution in [0.25, 0.3) is 4.96 Å². The van der Waals surface area contributed by atoms with E-state index >= 15 is 0 Å². The number of ether oxygens (including phenoxy) is 1. The van der Waals surface area contributed by atoms with Crippen LogP contribution < -0.4 is 15.6 Å². The van der Waals surface area contributed by atoms with Crippen LogP contribution in [0.3, 0.4) is 0 Å². The lowest BCUT2D eigenvalue weighted by atomic mass is 10.0. The number of aromatic nitrogens is 2. The number of hydrogen-bond acceptors (Lipinski definition) is 5. The molecule has 0 saturated heterocycles. The zero-order valence-electron chi connectivity index (χ0n) is 12.1. The normalized spacial score (nSPS) is 16.6. The molecule has 1 atom stereocenters. The number of thiazole rings is 1. The second-order valence-corrected chi connectivity index (χ2v) is 6.11. The molecule has 0 saturated carbocycles. The molecule has 0 bridgehead atoms. The molecule has 116 valence electrons. The molecule has 0 spiro atoms. The van der Waals surface area contributed by atoms with E-state index in [1.165, 1.54) is 21.9 Å². The lowest BCUT2D eigenvalue weighted by Gasteiger charge is -2.26. The Bertz CT molecular complexity index is 947. The Hall–Kier alpha value is -2.67. The zero-order chi connectivity index (χ0) is 15.8. The predicted molar refractivity (Wildman–Crippen MR) is 86.1 cm³/mol. The number of benzene rings is 1. The van der Waals surface area contributed by atoms with Crippen LogP contribution in [0.1, 0.15) is 28.4 Å².